The molecule has 2 unspecified atom stereocenters. The number of nitrogens with one attached hydrogen (secondary N) is 1. The summed E-state index contributed by atoms with van der Waals surface area (Å²) in [6.07, 6.45) is -0.0203. The number of fused-ring (bicyclic) bond motifs is 1. The molecule has 3 amide bonds. The van der Waals surface area contributed by atoms with E-state index in [1.807, 2.05) is 70.2 Å². The van der Waals surface area contributed by atoms with Crippen molar-refractivity contribution in [3.05, 3.63) is 112 Å². The fourth-order valence-corrected chi connectivity index (χ4v) is 6.62. The highest BCUT2D eigenvalue weighted by Gasteiger charge is 2.38. The molecule has 1 aliphatic heterocycles. The summed E-state index contributed by atoms with van der Waals surface area (Å²) >= 11 is 6.41. The minimum absolute atomic E-state index is 0.184. The average Bonchev–Trinajstić information content (AvgIpc) is 3.06. The molecule has 4 aromatic rings. The zero-order chi connectivity index (χ0) is 34.6. The molecule has 0 bridgehead atoms. The lowest BCUT2D eigenvalue weighted by molar-refractivity contribution is 0.00989. The van der Waals surface area contributed by atoms with Crippen molar-refractivity contribution in [2.24, 2.45) is 5.92 Å². The highest BCUT2D eigenvalue weighted by molar-refractivity contribution is 6.34. The molecule has 0 radical (unpaired) electrons. The van der Waals surface area contributed by atoms with Crippen molar-refractivity contribution in [2.75, 3.05) is 32.1 Å². The Morgan fingerprint density at radius 1 is 1.02 bits per heavy atom. The lowest BCUT2D eigenvalue weighted by Crippen LogP contribution is -2.50. The van der Waals surface area contributed by atoms with Crippen LogP contribution in [0.25, 0.3) is 10.8 Å². The van der Waals surface area contributed by atoms with Crippen LogP contribution in [-0.2, 0) is 9.47 Å². The number of ether oxygens (including phenoxy) is 2. The lowest BCUT2D eigenvalue weighted by Gasteiger charge is -2.42. The first kappa shape index (κ1) is 34.7. The Balaban J connectivity index is 1.47. The van der Waals surface area contributed by atoms with Gasteiger partial charge in [-0.25, -0.2) is 18.8 Å². The van der Waals surface area contributed by atoms with E-state index < -0.39 is 29.7 Å². The Morgan fingerprint density at radius 3 is 2.44 bits per heavy atom. The molecule has 0 spiro atoms. The van der Waals surface area contributed by atoms with Crippen molar-refractivity contribution in [3.63, 3.8) is 0 Å². The molecule has 4 aromatic carbocycles. The summed E-state index contributed by atoms with van der Waals surface area (Å²) in [5, 5.41) is 5.10. The van der Waals surface area contributed by atoms with E-state index in [9.17, 15) is 14.4 Å². The predicted molar refractivity (Wildman–Crippen MR) is 186 cm³/mol. The van der Waals surface area contributed by atoms with Gasteiger partial charge in [-0.1, -0.05) is 72.3 Å². The van der Waals surface area contributed by atoms with Crippen molar-refractivity contribution in [3.8, 4) is 0 Å². The molecular formula is C38H41ClFN3O5. The van der Waals surface area contributed by atoms with Gasteiger partial charge in [0.15, 0.2) is 0 Å². The first-order chi connectivity index (χ1) is 22.9. The first-order valence-corrected chi connectivity index (χ1v) is 16.4. The van der Waals surface area contributed by atoms with Gasteiger partial charge in [0.05, 0.1) is 29.4 Å². The van der Waals surface area contributed by atoms with Crippen LogP contribution >= 0.6 is 11.6 Å². The van der Waals surface area contributed by atoms with Crippen molar-refractivity contribution in [2.45, 2.75) is 51.7 Å². The maximum Gasteiger partial charge on any atom is 0.410 e. The number of urea groups is 1. The van der Waals surface area contributed by atoms with Crippen LogP contribution in [-0.4, -0.2) is 60.2 Å². The van der Waals surface area contributed by atoms with Gasteiger partial charge in [0.25, 0.3) is 0 Å². The Morgan fingerprint density at radius 2 is 1.73 bits per heavy atom. The number of esters is 1. The second kappa shape index (κ2) is 14.6. The number of carbonyl (C=O) groups excluding carboxylic acids is 3. The number of anilines is 1. The molecule has 1 N–H and O–H groups in total. The standard InChI is InChI=1S/C38H41ClFN3O5/c1-24(28-15-10-12-25-11-6-7-13-29(25)28)43(37(46)48-38(2,3)4)23-27-22-42(20-19-30(27)31-14-8-9-16-33(31)40)36(45)41-34-18-17-26(21-32(34)39)35(44)47-5/h6-18,21,24,27,30H,19-20,22-23H2,1-5H3,(H,41,45)/t24-,27?,30?/m1/s1. The monoisotopic (exact) mass is 673 g/mol. The van der Waals surface area contributed by atoms with Gasteiger partial charge in [-0.15, -0.1) is 0 Å². The van der Waals surface area contributed by atoms with Gasteiger partial charge >= 0.3 is 18.1 Å². The average molecular weight is 674 g/mol. The van der Waals surface area contributed by atoms with Crippen LogP contribution in [0.3, 0.4) is 0 Å². The summed E-state index contributed by atoms with van der Waals surface area (Å²) in [6, 6.07) is 24.4. The summed E-state index contributed by atoms with van der Waals surface area (Å²) in [5.74, 6) is -1.49. The number of benzene rings is 4. The highest BCUT2D eigenvalue weighted by atomic mass is 35.5. The van der Waals surface area contributed by atoms with Crippen molar-refractivity contribution in [1.29, 1.82) is 0 Å². The summed E-state index contributed by atoms with van der Waals surface area (Å²) in [5.41, 5.74) is 1.35. The first-order valence-electron chi connectivity index (χ1n) is 16.0. The zero-order valence-corrected chi connectivity index (χ0v) is 28.6. The van der Waals surface area contributed by atoms with Crippen LogP contribution in [0, 0.1) is 11.7 Å². The number of rotatable bonds is 7. The smallest absolute Gasteiger partial charge is 0.410 e. The van der Waals surface area contributed by atoms with Gasteiger partial charge in [0.2, 0.25) is 0 Å². The molecule has 1 saturated heterocycles. The quantitative estimate of drug-likeness (QED) is 0.198. The Labute approximate surface area is 285 Å². The fraction of sp³-hybridized carbons (Fsp3) is 0.342. The summed E-state index contributed by atoms with van der Waals surface area (Å²) in [4.78, 5) is 42.9. The van der Waals surface area contributed by atoms with E-state index >= 15 is 4.39 Å². The largest absolute Gasteiger partial charge is 0.465 e. The van der Waals surface area contributed by atoms with Crippen molar-refractivity contribution >= 4 is 46.2 Å². The molecule has 0 aromatic heterocycles. The minimum Gasteiger partial charge on any atom is -0.465 e. The molecule has 1 aliphatic rings. The number of halogens is 2. The van der Waals surface area contributed by atoms with E-state index in [0.29, 0.717) is 24.2 Å². The molecule has 5 rings (SSSR count). The number of hydrogen-bond acceptors (Lipinski definition) is 5. The van der Waals surface area contributed by atoms with Crippen molar-refractivity contribution < 1.29 is 28.2 Å². The SMILES string of the molecule is COC(=O)c1ccc(NC(=O)N2CCC(c3ccccc3F)C(CN(C(=O)OC(C)(C)C)[C@H](C)c3cccc4ccccc34)C2)c(Cl)c1. The maximum absolute atomic E-state index is 15.3. The molecule has 8 nitrogen and oxygen atoms in total. The second-order valence-corrected chi connectivity index (χ2v) is 13.5. The topological polar surface area (TPSA) is 88.2 Å². The van der Waals surface area contributed by atoms with Crippen LogP contribution < -0.4 is 5.32 Å². The van der Waals surface area contributed by atoms with E-state index in [1.54, 1.807) is 34.1 Å². The molecule has 10 heteroatoms. The molecule has 252 valence electrons. The number of methoxy groups -OCH3 is 1. The van der Waals surface area contributed by atoms with Gasteiger partial charge in [-0.05, 0) is 86.2 Å². The minimum atomic E-state index is -0.750. The van der Waals surface area contributed by atoms with Gasteiger partial charge in [-0.2, -0.15) is 0 Å². The molecular weight excluding hydrogens is 633 g/mol. The highest BCUT2D eigenvalue weighted by Crippen LogP contribution is 2.38. The number of carbonyl (C=O) groups is 3. The summed E-state index contributed by atoms with van der Waals surface area (Å²) in [7, 11) is 1.28. The number of piperidine rings is 1. The molecule has 0 saturated carbocycles. The summed E-state index contributed by atoms with van der Waals surface area (Å²) < 4.78 is 26.0. The third-order valence-electron chi connectivity index (χ3n) is 8.76. The molecule has 48 heavy (non-hydrogen) atoms. The Hall–Kier alpha value is -4.63. The number of hydrogen-bond donors (Lipinski definition) is 1. The van der Waals surface area contributed by atoms with Crippen LogP contribution in [0.2, 0.25) is 5.02 Å². The van der Waals surface area contributed by atoms with E-state index in [-0.39, 0.29) is 41.3 Å². The van der Waals surface area contributed by atoms with E-state index in [4.69, 9.17) is 21.1 Å². The lowest BCUT2D eigenvalue weighted by atomic mass is 9.79. The Kier molecular flexibility index (Phi) is 10.6. The van der Waals surface area contributed by atoms with Gasteiger partial charge < -0.3 is 24.6 Å². The normalized spacial score (nSPS) is 17.0. The fourth-order valence-electron chi connectivity index (χ4n) is 6.39. The summed E-state index contributed by atoms with van der Waals surface area (Å²) in [6.45, 7) is 8.23. The predicted octanol–water partition coefficient (Wildman–Crippen LogP) is 9.05. The molecule has 3 atom stereocenters. The van der Waals surface area contributed by atoms with Gasteiger partial charge in [0.1, 0.15) is 11.4 Å². The Bertz CT molecular complexity index is 1800. The molecule has 0 aliphatic carbocycles. The maximum atomic E-state index is 15.3. The van der Waals surface area contributed by atoms with Gasteiger partial charge in [-0.3, -0.25) is 0 Å². The van der Waals surface area contributed by atoms with Crippen LogP contribution in [0.1, 0.15) is 67.6 Å². The zero-order valence-electron chi connectivity index (χ0n) is 27.8. The van der Waals surface area contributed by atoms with E-state index in [2.05, 4.69) is 5.32 Å². The third-order valence-corrected chi connectivity index (χ3v) is 9.07. The third kappa shape index (κ3) is 7.90. The van der Waals surface area contributed by atoms with Gasteiger partial charge in [0, 0.05) is 25.6 Å². The van der Waals surface area contributed by atoms with Crippen LogP contribution in [0.5, 0.6) is 0 Å². The second-order valence-electron chi connectivity index (χ2n) is 13.1. The molecule has 1 fully saturated rings. The number of nitrogens with zero attached hydrogens (tertiary/aromatic N) is 2. The van der Waals surface area contributed by atoms with E-state index in [0.717, 1.165) is 16.3 Å². The van der Waals surface area contributed by atoms with Crippen LogP contribution in [0.4, 0.5) is 19.7 Å². The number of likely N-dealkylation sites (tertiary alicyclic amines) is 1. The molecule has 1 heterocycles. The van der Waals surface area contributed by atoms with Crippen molar-refractivity contribution in [1.82, 2.24) is 9.80 Å². The van der Waals surface area contributed by atoms with Crippen LogP contribution in [0.15, 0.2) is 84.9 Å². The van der Waals surface area contributed by atoms with E-state index in [1.165, 1.54) is 25.3 Å². The number of amides is 3.